The van der Waals surface area contributed by atoms with Crippen LogP contribution in [0.2, 0.25) is 0 Å². The monoisotopic (exact) mass is 222 g/mol. The summed E-state index contributed by atoms with van der Waals surface area (Å²) >= 11 is 0. The van der Waals surface area contributed by atoms with E-state index in [1.54, 1.807) is 7.11 Å². The summed E-state index contributed by atoms with van der Waals surface area (Å²) in [4.78, 5) is 12.1. The van der Waals surface area contributed by atoms with Crippen molar-refractivity contribution in [3.05, 3.63) is 0 Å². The van der Waals surface area contributed by atoms with E-state index in [-0.39, 0.29) is 5.78 Å². The lowest BCUT2D eigenvalue weighted by Crippen LogP contribution is -2.45. The van der Waals surface area contributed by atoms with Gasteiger partial charge in [-0.1, -0.05) is 13.8 Å². The molecule has 1 rings (SSSR count). The van der Waals surface area contributed by atoms with Gasteiger partial charge in [-0.15, -0.1) is 12.3 Å². The van der Waals surface area contributed by atoms with Crippen LogP contribution in [0.3, 0.4) is 0 Å². The van der Waals surface area contributed by atoms with E-state index < -0.39 is 5.60 Å². The molecule has 0 unspecified atom stereocenters. The van der Waals surface area contributed by atoms with E-state index in [1.807, 2.05) is 0 Å². The van der Waals surface area contributed by atoms with Crippen molar-refractivity contribution in [2.75, 3.05) is 7.11 Å². The fraction of sp³-hybridized carbons (Fsp3) is 0.786. The molecule has 0 heterocycles. The highest BCUT2D eigenvalue weighted by atomic mass is 16.5. The number of terminal acetylenes is 1. The van der Waals surface area contributed by atoms with E-state index in [2.05, 4.69) is 19.8 Å². The average Bonchev–Trinajstić information content (AvgIpc) is 2.27. The third kappa shape index (κ3) is 2.86. The lowest BCUT2D eigenvalue weighted by molar-refractivity contribution is -0.147. The van der Waals surface area contributed by atoms with Crippen LogP contribution in [0.15, 0.2) is 0 Å². The molecular weight excluding hydrogens is 200 g/mol. The Morgan fingerprint density at radius 3 is 2.31 bits per heavy atom. The maximum absolute atomic E-state index is 12.1. The SMILES string of the molecule is C#CCCC(=O)C1(OC)CCC(C)(C)CC1. The molecule has 0 spiro atoms. The number of rotatable bonds is 4. The number of hydrogen-bond donors (Lipinski definition) is 0. The second-order valence-electron chi connectivity index (χ2n) is 5.49. The van der Waals surface area contributed by atoms with Crippen LogP contribution in [0.4, 0.5) is 0 Å². The molecule has 1 aliphatic rings. The van der Waals surface area contributed by atoms with Crippen LogP contribution in [0, 0.1) is 17.8 Å². The van der Waals surface area contributed by atoms with E-state index in [4.69, 9.17) is 11.2 Å². The second-order valence-corrected chi connectivity index (χ2v) is 5.49. The quantitative estimate of drug-likeness (QED) is 0.684. The van der Waals surface area contributed by atoms with E-state index in [0.29, 0.717) is 18.3 Å². The molecule has 0 aromatic rings. The number of ketones is 1. The second kappa shape index (κ2) is 5.01. The summed E-state index contributed by atoms with van der Waals surface area (Å²) in [6.45, 7) is 4.50. The van der Waals surface area contributed by atoms with Gasteiger partial charge in [-0.05, 0) is 31.1 Å². The lowest BCUT2D eigenvalue weighted by Gasteiger charge is -2.41. The molecule has 0 saturated heterocycles. The largest absolute Gasteiger partial charge is 0.370 e. The van der Waals surface area contributed by atoms with Crippen LogP contribution >= 0.6 is 0 Å². The van der Waals surface area contributed by atoms with Crippen LogP contribution in [-0.4, -0.2) is 18.5 Å². The van der Waals surface area contributed by atoms with Gasteiger partial charge in [-0.25, -0.2) is 0 Å². The van der Waals surface area contributed by atoms with Gasteiger partial charge in [-0.2, -0.15) is 0 Å². The Kier molecular flexibility index (Phi) is 4.15. The lowest BCUT2D eigenvalue weighted by atomic mass is 9.69. The van der Waals surface area contributed by atoms with Crippen molar-refractivity contribution in [1.82, 2.24) is 0 Å². The number of ether oxygens (including phenoxy) is 1. The smallest absolute Gasteiger partial charge is 0.165 e. The molecule has 0 aliphatic heterocycles. The fourth-order valence-electron chi connectivity index (χ4n) is 2.34. The van der Waals surface area contributed by atoms with Crippen LogP contribution in [-0.2, 0) is 9.53 Å². The number of carbonyl (C=O) groups excluding carboxylic acids is 1. The molecule has 16 heavy (non-hydrogen) atoms. The summed E-state index contributed by atoms with van der Waals surface area (Å²) < 4.78 is 5.51. The molecule has 2 nitrogen and oxygen atoms in total. The Hall–Kier alpha value is -0.810. The topological polar surface area (TPSA) is 26.3 Å². The summed E-state index contributed by atoms with van der Waals surface area (Å²) in [7, 11) is 1.64. The molecule has 1 aliphatic carbocycles. The minimum atomic E-state index is -0.549. The zero-order valence-corrected chi connectivity index (χ0v) is 10.6. The number of hydrogen-bond acceptors (Lipinski definition) is 2. The van der Waals surface area contributed by atoms with Crippen molar-refractivity contribution in [1.29, 1.82) is 0 Å². The normalized spacial score (nSPS) is 22.4. The van der Waals surface area contributed by atoms with Gasteiger partial charge >= 0.3 is 0 Å². The first-order chi connectivity index (χ1) is 7.46. The van der Waals surface area contributed by atoms with Crippen molar-refractivity contribution in [3.8, 4) is 12.3 Å². The first-order valence-corrected chi connectivity index (χ1v) is 5.98. The van der Waals surface area contributed by atoms with Gasteiger partial charge in [-0.3, -0.25) is 4.79 Å². The molecule has 0 amide bonds. The summed E-state index contributed by atoms with van der Waals surface area (Å²) in [5.74, 6) is 2.70. The molecule has 0 aromatic heterocycles. The van der Waals surface area contributed by atoms with Gasteiger partial charge in [0.2, 0.25) is 0 Å². The van der Waals surface area contributed by atoms with Gasteiger partial charge in [0.1, 0.15) is 5.60 Å². The third-order valence-electron chi connectivity index (χ3n) is 3.81. The van der Waals surface area contributed by atoms with E-state index >= 15 is 0 Å². The molecule has 1 fully saturated rings. The highest BCUT2D eigenvalue weighted by Gasteiger charge is 2.43. The zero-order chi connectivity index (χ0) is 12.2. The average molecular weight is 222 g/mol. The van der Waals surface area contributed by atoms with Crippen molar-refractivity contribution < 1.29 is 9.53 Å². The van der Waals surface area contributed by atoms with Crippen LogP contribution < -0.4 is 0 Å². The molecule has 0 atom stereocenters. The van der Waals surface area contributed by atoms with Crippen LogP contribution in [0.5, 0.6) is 0 Å². The van der Waals surface area contributed by atoms with Gasteiger partial charge in [0.25, 0.3) is 0 Å². The molecule has 0 bridgehead atoms. The predicted octanol–water partition coefficient (Wildman–Crippen LogP) is 2.95. The van der Waals surface area contributed by atoms with E-state index in [9.17, 15) is 4.79 Å². The molecule has 0 aromatic carbocycles. The van der Waals surface area contributed by atoms with Crippen molar-refractivity contribution >= 4 is 5.78 Å². The standard InChI is InChI=1S/C14H22O2/c1-5-6-7-12(15)14(16-4)10-8-13(2,3)9-11-14/h1H,6-11H2,2-4H3. The third-order valence-corrected chi connectivity index (χ3v) is 3.81. The first kappa shape index (κ1) is 13.3. The minimum absolute atomic E-state index is 0.184. The fourth-order valence-corrected chi connectivity index (χ4v) is 2.34. The van der Waals surface area contributed by atoms with Gasteiger partial charge in [0.15, 0.2) is 5.78 Å². The van der Waals surface area contributed by atoms with Crippen molar-refractivity contribution in [3.63, 3.8) is 0 Å². The maximum Gasteiger partial charge on any atom is 0.165 e. The predicted molar refractivity (Wildman–Crippen MR) is 65.1 cm³/mol. The van der Waals surface area contributed by atoms with Crippen molar-refractivity contribution in [2.24, 2.45) is 5.41 Å². The molecular formula is C14H22O2. The summed E-state index contributed by atoms with van der Waals surface area (Å²) in [6, 6.07) is 0. The maximum atomic E-state index is 12.1. The van der Waals surface area contributed by atoms with E-state index in [1.165, 1.54) is 0 Å². The Morgan fingerprint density at radius 1 is 1.31 bits per heavy atom. The van der Waals surface area contributed by atoms with Gasteiger partial charge < -0.3 is 4.74 Å². The Balaban J connectivity index is 2.66. The van der Waals surface area contributed by atoms with Crippen LogP contribution in [0.25, 0.3) is 0 Å². The summed E-state index contributed by atoms with van der Waals surface area (Å²) in [6.07, 6.45) is 9.92. The highest BCUT2D eigenvalue weighted by molar-refractivity contribution is 5.87. The number of Topliss-reactive ketones (excluding diaryl/α,β-unsaturated/α-hetero) is 1. The first-order valence-electron chi connectivity index (χ1n) is 5.98. The molecule has 1 saturated carbocycles. The Labute approximate surface area is 98.8 Å². The van der Waals surface area contributed by atoms with Gasteiger partial charge in [0, 0.05) is 20.0 Å². The molecule has 2 heteroatoms. The van der Waals surface area contributed by atoms with Gasteiger partial charge in [0.05, 0.1) is 0 Å². The Bertz CT molecular complexity index is 286. The minimum Gasteiger partial charge on any atom is -0.370 e. The Morgan fingerprint density at radius 2 is 1.88 bits per heavy atom. The molecule has 0 radical (unpaired) electrons. The highest BCUT2D eigenvalue weighted by Crippen LogP contribution is 2.42. The van der Waals surface area contributed by atoms with E-state index in [0.717, 1.165) is 25.7 Å². The number of methoxy groups -OCH3 is 1. The summed E-state index contributed by atoms with van der Waals surface area (Å²) in [5, 5.41) is 0. The van der Waals surface area contributed by atoms with Crippen LogP contribution in [0.1, 0.15) is 52.4 Å². The summed E-state index contributed by atoms with van der Waals surface area (Å²) in [5.41, 5.74) is -0.208. The molecule has 0 N–H and O–H groups in total. The molecule has 90 valence electrons. The van der Waals surface area contributed by atoms with Crippen molar-refractivity contribution in [2.45, 2.75) is 58.0 Å². The zero-order valence-electron chi connectivity index (χ0n) is 10.6. The number of carbonyl (C=O) groups is 1.